The number of rotatable bonds is 8. The van der Waals surface area contributed by atoms with Gasteiger partial charge in [0.05, 0.1) is 16.8 Å². The Morgan fingerprint density at radius 3 is 1.68 bits per heavy atom. The Labute approximate surface area is 400 Å². The first kappa shape index (κ1) is 39.1. The van der Waals surface area contributed by atoms with Crippen LogP contribution in [0.1, 0.15) is 22.3 Å². The zero-order valence-corrected chi connectivity index (χ0v) is 37.5. The number of ether oxygens (including phenoxy) is 1. The molecule has 69 heavy (non-hydrogen) atoms. The van der Waals surface area contributed by atoms with Gasteiger partial charge in [-0.05, 0) is 117 Å². The summed E-state index contributed by atoms with van der Waals surface area (Å²) in [5, 5.41) is 4.31. The molecular formula is C65H42N2O2. The number of hydrogen-bond acceptors (Lipinski definition) is 4. The molecule has 0 saturated heterocycles. The van der Waals surface area contributed by atoms with Crippen molar-refractivity contribution in [3.8, 4) is 33.8 Å². The summed E-state index contributed by atoms with van der Waals surface area (Å²) >= 11 is 0. The van der Waals surface area contributed by atoms with Gasteiger partial charge in [-0.25, -0.2) is 0 Å². The lowest BCUT2D eigenvalue weighted by Gasteiger charge is -2.35. The summed E-state index contributed by atoms with van der Waals surface area (Å²) in [5.74, 6) is 1.62. The molecule has 0 radical (unpaired) electrons. The normalized spacial score (nSPS) is 12.9. The number of benzene rings is 11. The standard InChI is InChI=1S/C65H42N2O2/c1-5-20-44(21-6-1)65(45-22-7-2-8-23-45)57-32-15-13-28-51(57)52-37-35-49(41-58(52)65)67(59-33-18-31-55-53-29-14-16-34-60(53)69-64(55)59)50-39-43-19-17-30-54-56-40-48(36-38-61(56)68-62(42-50)63(43)54)66(46-24-9-3-10-25-46)47-26-11-4-12-27-47/h1-42H. The van der Waals surface area contributed by atoms with Crippen LogP contribution in [-0.4, -0.2) is 0 Å². The molecule has 14 rings (SSSR count). The highest BCUT2D eigenvalue weighted by Gasteiger charge is 2.46. The molecule has 1 aliphatic carbocycles. The summed E-state index contributed by atoms with van der Waals surface area (Å²) in [4.78, 5) is 4.67. The molecule has 0 unspecified atom stereocenters. The van der Waals surface area contributed by atoms with Crippen LogP contribution >= 0.6 is 0 Å². The molecule has 12 aromatic rings. The van der Waals surface area contributed by atoms with Crippen LogP contribution in [0.25, 0.3) is 55.0 Å². The minimum Gasteiger partial charge on any atom is -0.456 e. The van der Waals surface area contributed by atoms with Gasteiger partial charge in [-0.1, -0.05) is 176 Å². The minimum atomic E-state index is -0.575. The van der Waals surface area contributed by atoms with E-state index in [0.717, 1.165) is 89.5 Å². The predicted molar refractivity (Wildman–Crippen MR) is 283 cm³/mol. The van der Waals surface area contributed by atoms with E-state index >= 15 is 0 Å². The smallest absolute Gasteiger partial charge is 0.159 e. The second-order valence-electron chi connectivity index (χ2n) is 18.0. The highest BCUT2D eigenvalue weighted by atomic mass is 16.5. The number of para-hydroxylation sites is 4. The van der Waals surface area contributed by atoms with Crippen molar-refractivity contribution in [1.29, 1.82) is 0 Å². The molecule has 0 atom stereocenters. The number of fused-ring (bicyclic) bond motifs is 8. The molecule has 11 aromatic carbocycles. The summed E-state index contributed by atoms with van der Waals surface area (Å²) in [6.07, 6.45) is 0. The Morgan fingerprint density at radius 1 is 0.333 bits per heavy atom. The fraction of sp³-hybridized carbons (Fsp3) is 0.0154. The van der Waals surface area contributed by atoms with E-state index < -0.39 is 5.41 Å². The maximum Gasteiger partial charge on any atom is 0.159 e. The maximum absolute atomic E-state index is 7.09. The third kappa shape index (κ3) is 5.95. The first-order chi connectivity index (χ1) is 34.2. The van der Waals surface area contributed by atoms with Crippen molar-refractivity contribution in [3.63, 3.8) is 0 Å². The predicted octanol–water partition coefficient (Wildman–Crippen LogP) is 17.8. The van der Waals surface area contributed by atoms with Gasteiger partial charge in [0.1, 0.15) is 17.1 Å². The van der Waals surface area contributed by atoms with Crippen molar-refractivity contribution >= 4 is 66.8 Å². The topological polar surface area (TPSA) is 28.9 Å². The zero-order chi connectivity index (χ0) is 45.5. The van der Waals surface area contributed by atoms with Gasteiger partial charge in [-0.3, -0.25) is 0 Å². The highest BCUT2D eigenvalue weighted by molar-refractivity contribution is 6.12. The molecule has 4 heteroatoms. The fourth-order valence-corrected chi connectivity index (χ4v) is 11.4. The summed E-state index contributed by atoms with van der Waals surface area (Å²) < 4.78 is 14.0. The number of hydrogen-bond donors (Lipinski definition) is 0. The zero-order valence-electron chi connectivity index (χ0n) is 37.5. The van der Waals surface area contributed by atoms with Gasteiger partial charge in [-0.2, -0.15) is 0 Å². The third-order valence-electron chi connectivity index (χ3n) is 14.3. The van der Waals surface area contributed by atoms with E-state index in [1.807, 2.05) is 6.07 Å². The molecule has 0 bridgehead atoms. The van der Waals surface area contributed by atoms with Gasteiger partial charge in [0.25, 0.3) is 0 Å². The molecule has 1 aromatic heterocycles. The quantitative estimate of drug-likeness (QED) is 0.152. The average Bonchev–Trinajstić information content (AvgIpc) is 3.94. The van der Waals surface area contributed by atoms with Crippen LogP contribution < -0.4 is 14.5 Å². The molecule has 0 amide bonds. The van der Waals surface area contributed by atoms with E-state index in [4.69, 9.17) is 9.15 Å². The molecular weight excluding hydrogens is 841 g/mol. The summed E-state index contributed by atoms with van der Waals surface area (Å²) in [6.45, 7) is 0. The van der Waals surface area contributed by atoms with Crippen molar-refractivity contribution in [2.24, 2.45) is 0 Å². The van der Waals surface area contributed by atoms with Crippen LogP contribution in [0.5, 0.6) is 11.5 Å². The Hall–Kier alpha value is -9.12. The SMILES string of the molecule is c1ccc(N(c2ccccc2)c2ccc3c(c2)-c2cccc4cc(N(c5ccc6c(c5)C(c5ccccc5)(c5ccccc5)c5ccccc5-6)c5cccc6c5oc5ccccc56)cc(c24)O3)cc1. The summed E-state index contributed by atoms with van der Waals surface area (Å²) in [6, 6.07) is 91.5. The van der Waals surface area contributed by atoms with Crippen LogP contribution in [0.2, 0.25) is 0 Å². The molecule has 2 aliphatic rings. The molecule has 0 N–H and O–H groups in total. The first-order valence-corrected chi connectivity index (χ1v) is 23.6. The van der Waals surface area contributed by atoms with Crippen molar-refractivity contribution in [1.82, 2.24) is 0 Å². The number of anilines is 6. The fourth-order valence-electron chi connectivity index (χ4n) is 11.4. The largest absolute Gasteiger partial charge is 0.456 e. The summed E-state index contributed by atoms with van der Waals surface area (Å²) in [5.41, 5.74) is 16.8. The van der Waals surface area contributed by atoms with Crippen LogP contribution in [0.4, 0.5) is 34.1 Å². The van der Waals surface area contributed by atoms with Gasteiger partial charge >= 0.3 is 0 Å². The molecule has 0 saturated carbocycles. The molecule has 0 fully saturated rings. The van der Waals surface area contributed by atoms with Crippen LogP contribution in [0.3, 0.4) is 0 Å². The second kappa shape index (κ2) is 15.5. The Balaban J connectivity index is 0.992. The first-order valence-electron chi connectivity index (χ1n) is 23.6. The van der Waals surface area contributed by atoms with E-state index in [1.54, 1.807) is 0 Å². The van der Waals surface area contributed by atoms with E-state index in [1.165, 1.54) is 33.4 Å². The highest BCUT2D eigenvalue weighted by Crippen LogP contribution is 2.58. The van der Waals surface area contributed by atoms with E-state index in [0.29, 0.717) is 0 Å². The van der Waals surface area contributed by atoms with E-state index in [2.05, 4.69) is 259 Å². The Kier molecular flexibility index (Phi) is 8.77. The molecule has 2 heterocycles. The molecule has 4 nitrogen and oxygen atoms in total. The Bertz CT molecular complexity index is 3860. The van der Waals surface area contributed by atoms with Crippen LogP contribution in [0, 0.1) is 0 Å². The molecule has 1 aliphatic heterocycles. The van der Waals surface area contributed by atoms with E-state index in [9.17, 15) is 0 Å². The average molecular weight is 883 g/mol. The number of furan rings is 1. The Morgan fingerprint density at radius 2 is 0.928 bits per heavy atom. The second-order valence-corrected chi connectivity index (χ2v) is 18.0. The van der Waals surface area contributed by atoms with E-state index in [-0.39, 0.29) is 0 Å². The lowest BCUT2D eigenvalue weighted by Crippen LogP contribution is -2.28. The van der Waals surface area contributed by atoms with Gasteiger partial charge in [0, 0.05) is 50.5 Å². The van der Waals surface area contributed by atoms with Gasteiger partial charge in [-0.15, -0.1) is 0 Å². The third-order valence-corrected chi connectivity index (χ3v) is 14.3. The lowest BCUT2D eigenvalue weighted by atomic mass is 9.67. The van der Waals surface area contributed by atoms with Gasteiger partial charge in [0.2, 0.25) is 0 Å². The molecule has 0 spiro atoms. The monoisotopic (exact) mass is 882 g/mol. The van der Waals surface area contributed by atoms with Gasteiger partial charge < -0.3 is 19.0 Å². The number of nitrogens with zero attached hydrogens (tertiary/aromatic N) is 2. The minimum absolute atomic E-state index is 0.575. The summed E-state index contributed by atoms with van der Waals surface area (Å²) in [7, 11) is 0. The van der Waals surface area contributed by atoms with Crippen molar-refractivity contribution in [3.05, 3.63) is 277 Å². The van der Waals surface area contributed by atoms with Crippen molar-refractivity contribution in [2.75, 3.05) is 9.80 Å². The van der Waals surface area contributed by atoms with Gasteiger partial charge in [0.15, 0.2) is 5.58 Å². The molecule has 324 valence electrons. The van der Waals surface area contributed by atoms with Crippen LogP contribution in [-0.2, 0) is 5.41 Å². The van der Waals surface area contributed by atoms with Crippen molar-refractivity contribution in [2.45, 2.75) is 5.41 Å². The lowest BCUT2D eigenvalue weighted by molar-refractivity contribution is 0.487. The maximum atomic E-state index is 7.09. The van der Waals surface area contributed by atoms with Crippen LogP contribution in [0.15, 0.2) is 259 Å². The van der Waals surface area contributed by atoms with Crippen molar-refractivity contribution < 1.29 is 9.15 Å².